The van der Waals surface area contributed by atoms with Crippen molar-refractivity contribution in [2.75, 3.05) is 0 Å². The van der Waals surface area contributed by atoms with Crippen LogP contribution < -0.4 is 0 Å². The molecule has 0 atom stereocenters. The van der Waals surface area contributed by atoms with Crippen molar-refractivity contribution in [2.24, 2.45) is 0 Å². The van der Waals surface area contributed by atoms with Crippen molar-refractivity contribution in [3.63, 3.8) is 0 Å². The highest BCUT2D eigenvalue weighted by atomic mass is 15.3. The molecule has 0 aliphatic rings. The van der Waals surface area contributed by atoms with E-state index in [9.17, 15) is 0 Å². The third-order valence-corrected chi connectivity index (χ3v) is 3.11. The Kier molecular flexibility index (Phi) is 2.55. The molecular formula is C14H14N4. The van der Waals surface area contributed by atoms with Crippen LogP contribution in [0.5, 0.6) is 0 Å². The first-order valence-corrected chi connectivity index (χ1v) is 6.05. The van der Waals surface area contributed by atoms with E-state index in [4.69, 9.17) is 0 Å². The Balaban J connectivity index is 2.32. The van der Waals surface area contributed by atoms with Crippen LogP contribution in [0.4, 0.5) is 0 Å². The molecule has 3 heterocycles. The highest BCUT2D eigenvalue weighted by Gasteiger charge is 2.12. The highest BCUT2D eigenvalue weighted by molar-refractivity contribution is 5.81. The molecule has 0 amide bonds. The van der Waals surface area contributed by atoms with Gasteiger partial charge in [-0.3, -0.25) is 9.97 Å². The zero-order chi connectivity index (χ0) is 12.5. The summed E-state index contributed by atoms with van der Waals surface area (Å²) in [5.74, 6) is 0. The van der Waals surface area contributed by atoms with E-state index in [1.807, 2.05) is 36.0 Å². The molecule has 0 aliphatic carbocycles. The topological polar surface area (TPSA) is 43.6 Å². The van der Waals surface area contributed by atoms with Crippen LogP contribution in [0.2, 0.25) is 0 Å². The largest absolute Gasteiger partial charge is 0.264 e. The van der Waals surface area contributed by atoms with Gasteiger partial charge in [-0.05, 0) is 31.5 Å². The molecule has 0 aliphatic heterocycles. The van der Waals surface area contributed by atoms with Gasteiger partial charge in [0, 0.05) is 24.0 Å². The van der Waals surface area contributed by atoms with Gasteiger partial charge in [0.05, 0.1) is 22.6 Å². The molecular weight excluding hydrogens is 224 g/mol. The Hall–Kier alpha value is -2.23. The number of aromatic nitrogens is 4. The lowest BCUT2D eigenvalue weighted by molar-refractivity contribution is 0.813. The minimum absolute atomic E-state index is 0.913. The lowest BCUT2D eigenvalue weighted by Crippen LogP contribution is -2.04. The maximum Gasteiger partial charge on any atom is 0.0961 e. The van der Waals surface area contributed by atoms with Crippen LogP contribution >= 0.6 is 0 Å². The van der Waals surface area contributed by atoms with Gasteiger partial charge in [-0.2, -0.15) is 5.10 Å². The maximum absolute atomic E-state index is 4.65. The van der Waals surface area contributed by atoms with Crippen LogP contribution in [0, 0.1) is 6.92 Å². The maximum atomic E-state index is 4.65. The van der Waals surface area contributed by atoms with Gasteiger partial charge in [0.2, 0.25) is 0 Å². The van der Waals surface area contributed by atoms with Crippen LogP contribution in [0.25, 0.3) is 16.6 Å². The van der Waals surface area contributed by atoms with Crippen molar-refractivity contribution in [3.05, 3.63) is 48.2 Å². The summed E-state index contributed by atoms with van der Waals surface area (Å²) in [6, 6.07) is 5.92. The summed E-state index contributed by atoms with van der Waals surface area (Å²) in [4.78, 5) is 8.51. The second-order valence-corrected chi connectivity index (χ2v) is 4.21. The fraction of sp³-hybridized carbons (Fsp3) is 0.214. The zero-order valence-electron chi connectivity index (χ0n) is 10.5. The van der Waals surface area contributed by atoms with Crippen molar-refractivity contribution in [1.29, 1.82) is 0 Å². The number of fused-ring (bicyclic) bond motifs is 1. The smallest absolute Gasteiger partial charge is 0.0961 e. The van der Waals surface area contributed by atoms with Crippen molar-refractivity contribution in [2.45, 2.75) is 20.3 Å². The van der Waals surface area contributed by atoms with E-state index in [0.717, 1.165) is 28.7 Å². The summed E-state index contributed by atoms with van der Waals surface area (Å²) in [6.07, 6.45) is 6.37. The Morgan fingerprint density at radius 1 is 1.22 bits per heavy atom. The fourth-order valence-electron chi connectivity index (χ4n) is 2.22. The van der Waals surface area contributed by atoms with Crippen molar-refractivity contribution in [3.8, 4) is 5.69 Å². The van der Waals surface area contributed by atoms with Crippen LogP contribution in [-0.4, -0.2) is 19.7 Å². The first-order valence-electron chi connectivity index (χ1n) is 6.05. The molecule has 18 heavy (non-hydrogen) atoms. The third kappa shape index (κ3) is 1.57. The van der Waals surface area contributed by atoms with E-state index >= 15 is 0 Å². The summed E-state index contributed by atoms with van der Waals surface area (Å²) in [7, 11) is 0. The number of hydrogen-bond acceptors (Lipinski definition) is 3. The molecule has 0 N–H and O–H groups in total. The predicted octanol–water partition coefficient (Wildman–Crippen LogP) is 2.69. The minimum atomic E-state index is 0.913. The number of nitrogens with zero attached hydrogens (tertiary/aromatic N) is 4. The molecule has 3 rings (SSSR count). The molecule has 4 nitrogen and oxygen atoms in total. The Morgan fingerprint density at radius 3 is 2.89 bits per heavy atom. The zero-order valence-corrected chi connectivity index (χ0v) is 10.5. The Labute approximate surface area is 105 Å². The number of pyridine rings is 2. The number of aryl methyl sites for hydroxylation is 2. The third-order valence-electron chi connectivity index (χ3n) is 3.11. The highest BCUT2D eigenvalue weighted by Crippen LogP contribution is 2.22. The van der Waals surface area contributed by atoms with Gasteiger partial charge in [0.25, 0.3) is 0 Å². The van der Waals surface area contributed by atoms with E-state index in [0.29, 0.717) is 0 Å². The molecule has 0 bridgehead atoms. The van der Waals surface area contributed by atoms with Crippen LogP contribution in [0.3, 0.4) is 0 Å². The van der Waals surface area contributed by atoms with E-state index < -0.39 is 0 Å². The van der Waals surface area contributed by atoms with Gasteiger partial charge in [-0.25, -0.2) is 4.68 Å². The molecule has 4 heteroatoms. The number of hydrogen-bond donors (Lipinski definition) is 0. The van der Waals surface area contributed by atoms with Crippen LogP contribution in [0.15, 0.2) is 36.8 Å². The summed E-state index contributed by atoms with van der Waals surface area (Å²) in [5.41, 5.74) is 4.16. The Morgan fingerprint density at radius 2 is 2.11 bits per heavy atom. The molecule has 0 aromatic carbocycles. The van der Waals surface area contributed by atoms with E-state index in [2.05, 4.69) is 22.0 Å². The van der Waals surface area contributed by atoms with Crippen LogP contribution in [0.1, 0.15) is 18.3 Å². The summed E-state index contributed by atoms with van der Waals surface area (Å²) < 4.78 is 1.98. The van der Waals surface area contributed by atoms with Gasteiger partial charge >= 0.3 is 0 Å². The fourth-order valence-corrected chi connectivity index (χ4v) is 2.22. The molecule has 3 aromatic heterocycles. The first kappa shape index (κ1) is 10.9. The van der Waals surface area contributed by atoms with Crippen molar-refractivity contribution >= 4 is 10.9 Å². The summed E-state index contributed by atoms with van der Waals surface area (Å²) in [6.45, 7) is 4.13. The first-order chi connectivity index (χ1) is 8.81. The van der Waals surface area contributed by atoms with Gasteiger partial charge in [-0.1, -0.05) is 6.92 Å². The van der Waals surface area contributed by atoms with E-state index in [1.54, 1.807) is 12.4 Å². The van der Waals surface area contributed by atoms with Gasteiger partial charge < -0.3 is 0 Å². The SMILES string of the molecule is CCc1c2cnccc2nn1-c1cccnc1C. The standard InChI is InChI=1S/C14H14N4/c1-3-13-11-9-15-8-6-12(11)17-18(13)14-5-4-7-16-10(14)2/h4-9H,3H2,1-2H3. The average Bonchev–Trinajstić information content (AvgIpc) is 2.77. The summed E-state index contributed by atoms with van der Waals surface area (Å²) >= 11 is 0. The van der Waals surface area contributed by atoms with E-state index in [-0.39, 0.29) is 0 Å². The molecule has 0 radical (unpaired) electrons. The molecule has 0 saturated carbocycles. The van der Waals surface area contributed by atoms with Crippen LogP contribution in [-0.2, 0) is 6.42 Å². The molecule has 0 spiro atoms. The second-order valence-electron chi connectivity index (χ2n) is 4.21. The number of rotatable bonds is 2. The average molecular weight is 238 g/mol. The van der Waals surface area contributed by atoms with Crippen molar-refractivity contribution in [1.82, 2.24) is 19.7 Å². The normalized spacial score (nSPS) is 11.0. The summed E-state index contributed by atoms with van der Waals surface area (Å²) in [5, 5.41) is 5.77. The van der Waals surface area contributed by atoms with Crippen molar-refractivity contribution < 1.29 is 0 Å². The predicted molar refractivity (Wildman–Crippen MR) is 70.8 cm³/mol. The molecule has 0 saturated heterocycles. The minimum Gasteiger partial charge on any atom is -0.264 e. The van der Waals surface area contributed by atoms with Gasteiger partial charge in [0.1, 0.15) is 0 Å². The molecule has 0 unspecified atom stereocenters. The van der Waals surface area contributed by atoms with E-state index in [1.165, 1.54) is 5.69 Å². The lowest BCUT2D eigenvalue weighted by atomic mass is 10.2. The second kappa shape index (κ2) is 4.22. The Bertz CT molecular complexity index is 700. The van der Waals surface area contributed by atoms with Gasteiger partial charge in [0.15, 0.2) is 0 Å². The lowest BCUT2D eigenvalue weighted by Gasteiger charge is -2.07. The quantitative estimate of drug-likeness (QED) is 0.689. The molecule has 3 aromatic rings. The molecule has 90 valence electrons. The monoisotopic (exact) mass is 238 g/mol. The molecule has 0 fully saturated rings. The van der Waals surface area contributed by atoms with Gasteiger partial charge in [-0.15, -0.1) is 0 Å².